The van der Waals surface area contributed by atoms with Crippen LogP contribution < -0.4 is 10.2 Å². The lowest BCUT2D eigenvalue weighted by atomic mass is 9.88. The average Bonchev–Trinajstić information content (AvgIpc) is 2.44. The van der Waals surface area contributed by atoms with E-state index in [1.54, 1.807) is 4.90 Å². The number of carbonyl (C=O) groups is 2. The van der Waals surface area contributed by atoms with Gasteiger partial charge in [0, 0.05) is 5.69 Å². The van der Waals surface area contributed by atoms with Crippen molar-refractivity contribution in [3.05, 3.63) is 29.3 Å². The number of aryl methyl sites for hydroxylation is 1. The fraction of sp³-hybridized carbons (Fsp3) is 0.500. The molecular formula is C16H22N2O2. The zero-order valence-corrected chi connectivity index (χ0v) is 12.6. The minimum absolute atomic E-state index is 0.00389. The number of carbonyl (C=O) groups excluding carboxylic acids is 2. The van der Waals surface area contributed by atoms with E-state index in [4.69, 9.17) is 0 Å². The predicted octanol–water partition coefficient (Wildman–Crippen LogP) is 2.33. The van der Waals surface area contributed by atoms with Crippen LogP contribution in [0.4, 0.5) is 5.69 Å². The zero-order valence-electron chi connectivity index (χ0n) is 12.6. The summed E-state index contributed by atoms with van der Waals surface area (Å²) in [6.07, 6.45) is 1.21. The molecule has 20 heavy (non-hydrogen) atoms. The minimum atomic E-state index is -0.758. The predicted molar refractivity (Wildman–Crippen MR) is 79.7 cm³/mol. The van der Waals surface area contributed by atoms with Crippen molar-refractivity contribution in [1.29, 1.82) is 0 Å². The molecular weight excluding hydrogens is 252 g/mol. The summed E-state index contributed by atoms with van der Waals surface area (Å²) in [5, 5.41) is 2.88. The number of hydrogen-bond donors (Lipinski definition) is 1. The van der Waals surface area contributed by atoms with Gasteiger partial charge in [0.15, 0.2) is 0 Å². The van der Waals surface area contributed by atoms with Crippen molar-refractivity contribution in [3.8, 4) is 0 Å². The second-order valence-corrected chi connectivity index (χ2v) is 5.45. The molecule has 2 rings (SSSR count). The summed E-state index contributed by atoms with van der Waals surface area (Å²) in [7, 11) is 0. The van der Waals surface area contributed by atoms with Crippen LogP contribution in [0.1, 0.15) is 37.8 Å². The normalized spacial score (nSPS) is 18.1. The second kappa shape index (κ2) is 5.27. The van der Waals surface area contributed by atoms with Crippen LogP contribution in [-0.2, 0) is 9.59 Å². The SMILES string of the molecule is CCC1(CC)NC(=O)CN(c2cccc(C)c2C)C1=O. The fourth-order valence-corrected chi connectivity index (χ4v) is 2.79. The first-order valence-electron chi connectivity index (χ1n) is 7.14. The maximum Gasteiger partial charge on any atom is 0.253 e. The Morgan fingerprint density at radius 2 is 1.85 bits per heavy atom. The van der Waals surface area contributed by atoms with E-state index < -0.39 is 5.54 Å². The molecule has 0 spiro atoms. The first-order valence-corrected chi connectivity index (χ1v) is 7.14. The van der Waals surface area contributed by atoms with Gasteiger partial charge in [-0.1, -0.05) is 26.0 Å². The van der Waals surface area contributed by atoms with E-state index in [1.807, 2.05) is 45.9 Å². The van der Waals surface area contributed by atoms with Gasteiger partial charge in [-0.25, -0.2) is 0 Å². The first kappa shape index (κ1) is 14.6. The van der Waals surface area contributed by atoms with E-state index in [2.05, 4.69) is 5.32 Å². The highest BCUT2D eigenvalue weighted by molar-refractivity contribution is 6.09. The van der Waals surface area contributed by atoms with Crippen LogP contribution in [0.3, 0.4) is 0 Å². The zero-order chi connectivity index (χ0) is 14.9. The van der Waals surface area contributed by atoms with Gasteiger partial charge in [0.25, 0.3) is 5.91 Å². The van der Waals surface area contributed by atoms with Gasteiger partial charge in [0.05, 0.1) is 0 Å². The van der Waals surface area contributed by atoms with Gasteiger partial charge in [0.1, 0.15) is 12.1 Å². The molecule has 1 N–H and O–H groups in total. The lowest BCUT2D eigenvalue weighted by Crippen LogP contribution is -2.66. The third-order valence-corrected chi connectivity index (χ3v) is 4.41. The van der Waals surface area contributed by atoms with Crippen LogP contribution in [0.2, 0.25) is 0 Å². The Morgan fingerprint density at radius 1 is 1.20 bits per heavy atom. The fourth-order valence-electron chi connectivity index (χ4n) is 2.79. The Bertz CT molecular complexity index is 547. The molecule has 1 saturated heterocycles. The van der Waals surface area contributed by atoms with Gasteiger partial charge >= 0.3 is 0 Å². The van der Waals surface area contributed by atoms with Gasteiger partial charge in [-0.3, -0.25) is 9.59 Å². The number of amides is 2. The molecule has 0 saturated carbocycles. The number of rotatable bonds is 3. The van der Waals surface area contributed by atoms with Gasteiger partial charge in [-0.15, -0.1) is 0 Å². The van der Waals surface area contributed by atoms with Crippen molar-refractivity contribution in [3.63, 3.8) is 0 Å². The molecule has 0 bridgehead atoms. The third kappa shape index (κ3) is 2.19. The molecule has 108 valence electrons. The lowest BCUT2D eigenvalue weighted by molar-refractivity contribution is -0.136. The monoisotopic (exact) mass is 274 g/mol. The molecule has 4 nitrogen and oxygen atoms in total. The molecule has 1 aromatic carbocycles. The third-order valence-electron chi connectivity index (χ3n) is 4.41. The van der Waals surface area contributed by atoms with Crippen molar-refractivity contribution in [2.45, 2.75) is 46.1 Å². The molecule has 1 heterocycles. The van der Waals surface area contributed by atoms with E-state index in [-0.39, 0.29) is 18.4 Å². The maximum atomic E-state index is 12.8. The molecule has 1 aliphatic rings. The largest absolute Gasteiger partial charge is 0.340 e. The minimum Gasteiger partial charge on any atom is -0.340 e. The first-order chi connectivity index (χ1) is 9.45. The Morgan fingerprint density at radius 3 is 2.45 bits per heavy atom. The quantitative estimate of drug-likeness (QED) is 0.919. The Kier molecular flexibility index (Phi) is 3.84. The van der Waals surface area contributed by atoms with Crippen molar-refractivity contribution in [1.82, 2.24) is 5.32 Å². The molecule has 0 radical (unpaired) electrons. The summed E-state index contributed by atoms with van der Waals surface area (Å²) < 4.78 is 0. The van der Waals surface area contributed by atoms with Crippen LogP contribution in [0.5, 0.6) is 0 Å². The highest BCUT2D eigenvalue weighted by atomic mass is 16.2. The van der Waals surface area contributed by atoms with Crippen LogP contribution in [-0.4, -0.2) is 23.9 Å². The van der Waals surface area contributed by atoms with Gasteiger partial charge in [-0.2, -0.15) is 0 Å². The molecule has 0 aliphatic carbocycles. The van der Waals surface area contributed by atoms with Crippen molar-refractivity contribution >= 4 is 17.5 Å². The number of piperazine rings is 1. The Hall–Kier alpha value is -1.84. The molecule has 0 aromatic heterocycles. The number of nitrogens with one attached hydrogen (secondary N) is 1. The average molecular weight is 274 g/mol. The molecule has 2 amide bonds. The number of hydrogen-bond acceptors (Lipinski definition) is 2. The second-order valence-electron chi connectivity index (χ2n) is 5.45. The molecule has 1 aliphatic heterocycles. The molecule has 0 atom stereocenters. The van der Waals surface area contributed by atoms with Crippen molar-refractivity contribution in [2.75, 3.05) is 11.4 Å². The summed E-state index contributed by atoms with van der Waals surface area (Å²) in [6, 6.07) is 5.85. The molecule has 1 fully saturated rings. The summed E-state index contributed by atoms with van der Waals surface area (Å²) in [4.78, 5) is 26.5. The highest BCUT2D eigenvalue weighted by Crippen LogP contribution is 2.29. The van der Waals surface area contributed by atoms with Crippen LogP contribution in [0, 0.1) is 13.8 Å². The van der Waals surface area contributed by atoms with E-state index in [0.29, 0.717) is 12.8 Å². The molecule has 4 heteroatoms. The smallest absolute Gasteiger partial charge is 0.253 e. The van der Waals surface area contributed by atoms with Crippen LogP contribution in [0.25, 0.3) is 0 Å². The summed E-state index contributed by atoms with van der Waals surface area (Å²) in [6.45, 7) is 7.98. The lowest BCUT2D eigenvalue weighted by Gasteiger charge is -2.41. The molecule has 0 unspecified atom stereocenters. The summed E-state index contributed by atoms with van der Waals surface area (Å²) >= 11 is 0. The van der Waals surface area contributed by atoms with Crippen LogP contribution >= 0.6 is 0 Å². The summed E-state index contributed by atoms with van der Waals surface area (Å²) in [5.41, 5.74) is 2.26. The highest BCUT2D eigenvalue weighted by Gasteiger charge is 2.44. The van der Waals surface area contributed by atoms with E-state index in [1.165, 1.54) is 0 Å². The topological polar surface area (TPSA) is 49.4 Å². The Balaban J connectivity index is 2.48. The van der Waals surface area contributed by atoms with E-state index in [0.717, 1.165) is 16.8 Å². The Labute approximate surface area is 120 Å². The van der Waals surface area contributed by atoms with E-state index >= 15 is 0 Å². The molecule has 1 aromatic rings. The van der Waals surface area contributed by atoms with Crippen molar-refractivity contribution < 1.29 is 9.59 Å². The standard InChI is InChI=1S/C16H22N2O2/c1-5-16(6-2)15(20)18(10-14(19)17-16)13-9-7-8-11(3)12(13)4/h7-9H,5-6,10H2,1-4H3,(H,17,19). The van der Waals surface area contributed by atoms with Gasteiger partial charge in [-0.05, 0) is 43.9 Å². The maximum absolute atomic E-state index is 12.8. The number of nitrogens with zero attached hydrogens (tertiary/aromatic N) is 1. The summed E-state index contributed by atoms with van der Waals surface area (Å²) in [5.74, 6) is -0.0926. The van der Waals surface area contributed by atoms with Crippen LogP contribution in [0.15, 0.2) is 18.2 Å². The van der Waals surface area contributed by atoms with Gasteiger partial charge in [0.2, 0.25) is 5.91 Å². The number of anilines is 1. The van der Waals surface area contributed by atoms with Gasteiger partial charge < -0.3 is 10.2 Å². The number of benzene rings is 1. The van der Waals surface area contributed by atoms with Crippen molar-refractivity contribution in [2.24, 2.45) is 0 Å². The van der Waals surface area contributed by atoms with E-state index in [9.17, 15) is 9.59 Å².